The minimum absolute atomic E-state index is 0. The molecule has 0 saturated carbocycles. The monoisotopic (exact) mass is 120 g/mol. The molecular formula is C6H9LiO2. The minimum atomic E-state index is -0.0590. The summed E-state index contributed by atoms with van der Waals surface area (Å²) in [5, 5.41) is 19.3. The van der Waals surface area contributed by atoms with Crippen molar-refractivity contribution in [1.29, 1.82) is 0 Å². The molecule has 0 aromatic heterocycles. The van der Waals surface area contributed by atoms with E-state index < -0.39 is 0 Å². The van der Waals surface area contributed by atoms with E-state index in [-0.39, 0.29) is 30.4 Å². The molecule has 1 N–H and O–H groups in total. The predicted molar refractivity (Wildman–Crippen MR) is 28.1 cm³/mol. The topological polar surface area (TPSA) is 43.3 Å². The molecule has 2 nitrogen and oxygen atoms in total. The molecule has 0 saturated heterocycles. The number of aliphatic hydroxyl groups is 1. The zero-order chi connectivity index (χ0) is 5.98. The van der Waals surface area contributed by atoms with Crippen LogP contribution in [0, 0.1) is 0 Å². The molecule has 0 aromatic rings. The van der Waals surface area contributed by atoms with Gasteiger partial charge in [0.25, 0.3) is 0 Å². The van der Waals surface area contributed by atoms with E-state index in [1.807, 2.05) is 0 Å². The van der Waals surface area contributed by atoms with Gasteiger partial charge >= 0.3 is 18.9 Å². The molecule has 0 amide bonds. The normalized spacial score (nSPS) is 19.1. The van der Waals surface area contributed by atoms with Crippen molar-refractivity contribution >= 4 is 0 Å². The molecule has 1 rings (SSSR count). The minimum Gasteiger partial charge on any atom is -0.873 e. The molecule has 1 aliphatic carbocycles. The van der Waals surface area contributed by atoms with E-state index in [2.05, 4.69) is 0 Å². The van der Waals surface area contributed by atoms with Gasteiger partial charge < -0.3 is 10.2 Å². The Bertz CT molecular complexity index is 106. The van der Waals surface area contributed by atoms with Crippen LogP contribution in [-0.2, 0) is 0 Å². The fourth-order valence-electron chi connectivity index (χ4n) is 0.862. The third-order valence-electron chi connectivity index (χ3n) is 1.39. The summed E-state index contributed by atoms with van der Waals surface area (Å²) in [6.45, 7) is 0. The third-order valence-corrected chi connectivity index (χ3v) is 1.39. The van der Waals surface area contributed by atoms with Gasteiger partial charge in [0.2, 0.25) is 0 Å². The fourth-order valence-corrected chi connectivity index (χ4v) is 0.862. The van der Waals surface area contributed by atoms with Crippen molar-refractivity contribution in [3.05, 3.63) is 11.5 Å². The second kappa shape index (κ2) is 3.87. The maximum absolute atomic E-state index is 10.5. The van der Waals surface area contributed by atoms with E-state index in [0.717, 1.165) is 12.8 Å². The zero-order valence-corrected chi connectivity index (χ0v) is 5.68. The Kier molecular flexibility index (Phi) is 3.84. The average Bonchev–Trinajstić information content (AvgIpc) is 1.77. The van der Waals surface area contributed by atoms with E-state index in [4.69, 9.17) is 5.11 Å². The van der Waals surface area contributed by atoms with Crippen LogP contribution in [0.25, 0.3) is 0 Å². The summed E-state index contributed by atoms with van der Waals surface area (Å²) in [6.07, 6.45) is 3.06. The molecule has 0 bridgehead atoms. The Hall–Kier alpha value is -0.0626. The molecule has 46 valence electrons. The quantitative estimate of drug-likeness (QED) is 0.365. The molecule has 0 spiro atoms. The van der Waals surface area contributed by atoms with Crippen molar-refractivity contribution in [1.82, 2.24) is 0 Å². The molecule has 0 heterocycles. The summed E-state index contributed by atoms with van der Waals surface area (Å²) in [5.41, 5.74) is 0. The van der Waals surface area contributed by atoms with Crippen molar-refractivity contribution in [3.63, 3.8) is 0 Å². The Morgan fingerprint density at radius 2 is 1.78 bits per heavy atom. The first kappa shape index (κ1) is 8.94. The molecule has 0 aliphatic heterocycles. The smallest absolute Gasteiger partial charge is 0.873 e. The van der Waals surface area contributed by atoms with Crippen LogP contribution in [-0.4, -0.2) is 5.11 Å². The van der Waals surface area contributed by atoms with Gasteiger partial charge in [-0.05, 0) is 19.3 Å². The van der Waals surface area contributed by atoms with Crippen LogP contribution in [0.4, 0.5) is 0 Å². The third kappa shape index (κ3) is 2.34. The van der Waals surface area contributed by atoms with Crippen LogP contribution in [0.15, 0.2) is 11.5 Å². The molecule has 3 heteroatoms. The second-order valence-corrected chi connectivity index (χ2v) is 2.08. The summed E-state index contributed by atoms with van der Waals surface area (Å²) < 4.78 is 0. The van der Waals surface area contributed by atoms with Crippen LogP contribution < -0.4 is 24.0 Å². The molecule has 0 atom stereocenters. The Morgan fingerprint density at radius 1 is 1.22 bits per heavy atom. The van der Waals surface area contributed by atoms with Crippen LogP contribution in [0.5, 0.6) is 0 Å². The molecule has 0 fully saturated rings. The van der Waals surface area contributed by atoms with Crippen LogP contribution in [0.3, 0.4) is 0 Å². The van der Waals surface area contributed by atoms with Crippen molar-refractivity contribution in [2.75, 3.05) is 0 Å². The van der Waals surface area contributed by atoms with Gasteiger partial charge in [0.05, 0.1) is 5.76 Å². The Balaban J connectivity index is 0.000000640. The standard InChI is InChI=1S/C6H10O2.Li/c7-5-3-1-2-4-6(5)8;/h7-8H,1-4H2;/q;+1/p-1. The van der Waals surface area contributed by atoms with E-state index >= 15 is 0 Å². The largest absolute Gasteiger partial charge is 1.00 e. The van der Waals surface area contributed by atoms with E-state index in [9.17, 15) is 5.11 Å². The van der Waals surface area contributed by atoms with Crippen LogP contribution in [0.1, 0.15) is 25.7 Å². The van der Waals surface area contributed by atoms with Gasteiger partial charge in [0.15, 0.2) is 0 Å². The maximum Gasteiger partial charge on any atom is 1.00 e. The van der Waals surface area contributed by atoms with Gasteiger partial charge in [-0.3, -0.25) is 0 Å². The zero-order valence-electron chi connectivity index (χ0n) is 5.68. The first-order valence-corrected chi connectivity index (χ1v) is 2.88. The van der Waals surface area contributed by atoms with Gasteiger partial charge in [0, 0.05) is 6.42 Å². The first-order valence-electron chi connectivity index (χ1n) is 2.88. The van der Waals surface area contributed by atoms with Crippen molar-refractivity contribution in [2.45, 2.75) is 25.7 Å². The summed E-state index contributed by atoms with van der Waals surface area (Å²) in [4.78, 5) is 0. The van der Waals surface area contributed by atoms with Crippen molar-refractivity contribution in [3.8, 4) is 0 Å². The van der Waals surface area contributed by atoms with Gasteiger partial charge in [-0.2, -0.15) is 0 Å². The van der Waals surface area contributed by atoms with Gasteiger partial charge in [-0.25, -0.2) is 0 Å². The van der Waals surface area contributed by atoms with E-state index in [0.29, 0.717) is 12.8 Å². The molecule has 0 aromatic carbocycles. The maximum atomic E-state index is 10.5. The molecule has 1 aliphatic rings. The molecule has 0 radical (unpaired) electrons. The van der Waals surface area contributed by atoms with Crippen molar-refractivity contribution in [2.24, 2.45) is 0 Å². The SMILES string of the molecule is [Li+].[O-]C1=C(O)CCCC1. The summed E-state index contributed by atoms with van der Waals surface area (Å²) >= 11 is 0. The first-order chi connectivity index (χ1) is 3.80. The molecule has 0 unspecified atom stereocenters. The van der Waals surface area contributed by atoms with Crippen LogP contribution >= 0.6 is 0 Å². The number of allylic oxidation sites excluding steroid dienone is 2. The fraction of sp³-hybridized carbons (Fsp3) is 0.667. The molecular weight excluding hydrogens is 111 g/mol. The van der Waals surface area contributed by atoms with Gasteiger partial charge in [-0.15, -0.1) is 0 Å². The summed E-state index contributed by atoms with van der Waals surface area (Å²) in [6, 6.07) is 0. The number of hydrogen-bond donors (Lipinski definition) is 1. The van der Waals surface area contributed by atoms with Crippen molar-refractivity contribution < 1.29 is 29.1 Å². The Morgan fingerprint density at radius 3 is 2.11 bits per heavy atom. The number of rotatable bonds is 0. The number of hydrogen-bond acceptors (Lipinski definition) is 2. The second-order valence-electron chi connectivity index (χ2n) is 2.08. The average molecular weight is 120 g/mol. The summed E-state index contributed by atoms with van der Waals surface area (Å²) in [5.74, 6) is 0.0208. The molecule has 9 heavy (non-hydrogen) atoms. The summed E-state index contributed by atoms with van der Waals surface area (Å²) in [7, 11) is 0. The predicted octanol–water partition coefficient (Wildman–Crippen LogP) is -2.31. The Labute approximate surface area is 66.8 Å². The van der Waals surface area contributed by atoms with E-state index in [1.54, 1.807) is 0 Å². The van der Waals surface area contributed by atoms with Gasteiger partial charge in [0.1, 0.15) is 0 Å². The van der Waals surface area contributed by atoms with Crippen LogP contribution in [0.2, 0.25) is 0 Å². The van der Waals surface area contributed by atoms with Gasteiger partial charge in [-0.1, -0.05) is 5.76 Å². The number of aliphatic hydroxyl groups excluding tert-OH is 1. The van der Waals surface area contributed by atoms with E-state index in [1.165, 1.54) is 0 Å².